The van der Waals surface area contributed by atoms with Crippen LogP contribution in [0.25, 0.3) is 0 Å². The van der Waals surface area contributed by atoms with Gasteiger partial charge in [-0.1, -0.05) is 18.2 Å². The molecule has 0 aromatic heterocycles. The quantitative estimate of drug-likeness (QED) is 0.559. The van der Waals surface area contributed by atoms with Crippen LogP contribution in [0, 0.1) is 6.42 Å². The summed E-state index contributed by atoms with van der Waals surface area (Å²) in [5.41, 5.74) is 1.03. The van der Waals surface area contributed by atoms with Gasteiger partial charge in [0.05, 0.1) is 6.10 Å². The molecule has 0 saturated heterocycles. The van der Waals surface area contributed by atoms with Crippen molar-refractivity contribution in [2.24, 2.45) is 0 Å². The van der Waals surface area contributed by atoms with Crippen molar-refractivity contribution in [3.8, 4) is 0 Å². The van der Waals surface area contributed by atoms with Crippen LogP contribution in [0.1, 0.15) is 13.3 Å². The van der Waals surface area contributed by atoms with E-state index < -0.39 is 0 Å². The molecule has 0 heterocycles. The number of aliphatic hydroxyl groups excluding tert-OH is 1. The minimum atomic E-state index is -0.310. The van der Waals surface area contributed by atoms with E-state index in [1.54, 1.807) is 6.92 Å². The van der Waals surface area contributed by atoms with E-state index in [0.29, 0.717) is 0 Å². The van der Waals surface area contributed by atoms with E-state index in [1.807, 2.05) is 18.2 Å². The molecule has 1 unspecified atom stereocenters. The zero-order chi connectivity index (χ0) is 6.69. The second-order valence-electron chi connectivity index (χ2n) is 2.21. The molecule has 0 spiro atoms. The van der Waals surface area contributed by atoms with Crippen LogP contribution >= 0.6 is 0 Å². The minimum Gasteiger partial charge on any atom is -0.389 e. The highest BCUT2D eigenvalue weighted by atomic mass is 16.3. The maximum Gasteiger partial charge on any atom is 0.0758 e. The number of allylic oxidation sites excluding steroid dienone is 2. The second-order valence-corrected chi connectivity index (χ2v) is 2.21. The second kappa shape index (κ2) is 2.83. The Hall–Kier alpha value is -0.560. The first-order chi connectivity index (χ1) is 4.30. The van der Waals surface area contributed by atoms with Gasteiger partial charge in [0, 0.05) is 0 Å². The molecule has 1 nitrogen and oxygen atoms in total. The number of hydrogen-bond donors (Lipinski definition) is 1. The molecule has 1 radical (unpaired) electrons. The smallest absolute Gasteiger partial charge is 0.0758 e. The fourth-order valence-corrected chi connectivity index (χ4v) is 0.840. The third-order valence-corrected chi connectivity index (χ3v) is 1.40. The van der Waals surface area contributed by atoms with E-state index in [1.165, 1.54) is 0 Å². The predicted molar refractivity (Wildman–Crippen MR) is 37.8 cm³/mol. The van der Waals surface area contributed by atoms with Crippen LogP contribution in [0.2, 0.25) is 0 Å². The van der Waals surface area contributed by atoms with Crippen LogP contribution in [0.15, 0.2) is 23.8 Å². The van der Waals surface area contributed by atoms with E-state index in [0.717, 1.165) is 12.0 Å². The summed E-state index contributed by atoms with van der Waals surface area (Å²) in [7, 11) is 0. The normalized spacial score (nSPS) is 21.3. The van der Waals surface area contributed by atoms with Gasteiger partial charge in [0.2, 0.25) is 0 Å². The van der Waals surface area contributed by atoms with Crippen molar-refractivity contribution < 1.29 is 5.11 Å². The summed E-state index contributed by atoms with van der Waals surface area (Å²) in [5.74, 6) is 0. The fourth-order valence-electron chi connectivity index (χ4n) is 0.840. The Labute approximate surface area is 55.7 Å². The molecule has 1 heteroatoms. The SMILES string of the molecule is CC(O)C1=CC[CH]C=C1. The van der Waals surface area contributed by atoms with Gasteiger partial charge in [-0.05, 0) is 25.3 Å². The van der Waals surface area contributed by atoms with Crippen molar-refractivity contribution in [2.75, 3.05) is 0 Å². The van der Waals surface area contributed by atoms with Gasteiger partial charge in [0.15, 0.2) is 0 Å². The van der Waals surface area contributed by atoms with Gasteiger partial charge in [0.1, 0.15) is 0 Å². The first-order valence-corrected chi connectivity index (χ1v) is 3.18. The molecule has 9 heavy (non-hydrogen) atoms. The molecule has 1 aliphatic carbocycles. The average molecular weight is 123 g/mol. The Morgan fingerprint density at radius 3 is 2.78 bits per heavy atom. The van der Waals surface area contributed by atoms with Crippen LogP contribution in [0.4, 0.5) is 0 Å². The van der Waals surface area contributed by atoms with E-state index >= 15 is 0 Å². The summed E-state index contributed by atoms with van der Waals surface area (Å²) in [6.07, 6.45) is 8.65. The standard InChI is InChI=1S/C8H11O/c1-7(9)8-5-3-2-4-6-8/h2-3,5-7,9H,4H2,1H3. The summed E-state index contributed by atoms with van der Waals surface area (Å²) in [6.45, 7) is 1.78. The highest BCUT2D eigenvalue weighted by molar-refractivity contribution is 5.28. The van der Waals surface area contributed by atoms with Crippen LogP contribution in [-0.4, -0.2) is 11.2 Å². The lowest BCUT2D eigenvalue weighted by Crippen LogP contribution is -2.03. The maximum atomic E-state index is 9.04. The molecule has 0 amide bonds. The monoisotopic (exact) mass is 123 g/mol. The lowest BCUT2D eigenvalue weighted by atomic mass is 10.0. The topological polar surface area (TPSA) is 20.2 Å². The van der Waals surface area contributed by atoms with Crippen molar-refractivity contribution in [1.29, 1.82) is 0 Å². The zero-order valence-electron chi connectivity index (χ0n) is 5.54. The van der Waals surface area contributed by atoms with Crippen molar-refractivity contribution in [3.05, 3.63) is 30.2 Å². The molecular weight excluding hydrogens is 112 g/mol. The molecule has 1 N–H and O–H groups in total. The Morgan fingerprint density at radius 2 is 2.44 bits per heavy atom. The van der Waals surface area contributed by atoms with E-state index in [9.17, 15) is 0 Å². The van der Waals surface area contributed by atoms with Crippen LogP contribution < -0.4 is 0 Å². The van der Waals surface area contributed by atoms with Crippen molar-refractivity contribution in [3.63, 3.8) is 0 Å². The van der Waals surface area contributed by atoms with Gasteiger partial charge < -0.3 is 5.11 Å². The minimum absolute atomic E-state index is 0.310. The van der Waals surface area contributed by atoms with Crippen molar-refractivity contribution in [2.45, 2.75) is 19.4 Å². The van der Waals surface area contributed by atoms with Crippen LogP contribution in [0.3, 0.4) is 0 Å². The summed E-state index contributed by atoms with van der Waals surface area (Å²) in [6, 6.07) is 0. The van der Waals surface area contributed by atoms with Crippen molar-refractivity contribution >= 4 is 0 Å². The predicted octanol–water partition coefficient (Wildman–Crippen LogP) is 1.46. The van der Waals surface area contributed by atoms with Gasteiger partial charge in [-0.25, -0.2) is 0 Å². The fraction of sp³-hybridized carbons (Fsp3) is 0.375. The number of rotatable bonds is 1. The first kappa shape index (κ1) is 6.56. The molecule has 0 bridgehead atoms. The van der Waals surface area contributed by atoms with Crippen molar-refractivity contribution in [1.82, 2.24) is 0 Å². The van der Waals surface area contributed by atoms with Gasteiger partial charge >= 0.3 is 0 Å². The Bertz CT molecular complexity index is 143. The van der Waals surface area contributed by atoms with Gasteiger partial charge in [0.25, 0.3) is 0 Å². The molecular formula is C8H11O. The molecule has 0 aliphatic heterocycles. The number of hydrogen-bond acceptors (Lipinski definition) is 1. The summed E-state index contributed by atoms with van der Waals surface area (Å²) < 4.78 is 0. The third-order valence-electron chi connectivity index (χ3n) is 1.40. The molecule has 0 fully saturated rings. The molecule has 0 aromatic carbocycles. The average Bonchev–Trinajstić information content (AvgIpc) is 1.90. The maximum absolute atomic E-state index is 9.04. The lowest BCUT2D eigenvalue weighted by Gasteiger charge is -2.07. The van der Waals surface area contributed by atoms with Crippen LogP contribution in [0.5, 0.6) is 0 Å². The third kappa shape index (κ3) is 1.68. The molecule has 0 saturated carbocycles. The highest BCUT2D eigenvalue weighted by Gasteiger charge is 2.01. The van der Waals surface area contributed by atoms with Gasteiger partial charge in [-0.3, -0.25) is 0 Å². The summed E-state index contributed by atoms with van der Waals surface area (Å²) in [5, 5.41) is 9.04. The van der Waals surface area contributed by atoms with E-state index in [2.05, 4.69) is 6.42 Å². The summed E-state index contributed by atoms with van der Waals surface area (Å²) >= 11 is 0. The van der Waals surface area contributed by atoms with Gasteiger partial charge in [-0.15, -0.1) is 0 Å². The highest BCUT2D eigenvalue weighted by Crippen LogP contribution is 2.11. The molecule has 49 valence electrons. The first-order valence-electron chi connectivity index (χ1n) is 3.18. The molecule has 1 aliphatic rings. The Balaban J connectivity index is 2.58. The van der Waals surface area contributed by atoms with E-state index in [-0.39, 0.29) is 6.10 Å². The molecule has 1 rings (SSSR count). The Morgan fingerprint density at radius 1 is 1.67 bits per heavy atom. The summed E-state index contributed by atoms with van der Waals surface area (Å²) in [4.78, 5) is 0. The van der Waals surface area contributed by atoms with Gasteiger partial charge in [-0.2, -0.15) is 0 Å². The van der Waals surface area contributed by atoms with Crippen LogP contribution in [-0.2, 0) is 0 Å². The Kier molecular flexibility index (Phi) is 2.06. The number of aliphatic hydroxyl groups is 1. The van der Waals surface area contributed by atoms with E-state index in [4.69, 9.17) is 5.11 Å². The lowest BCUT2D eigenvalue weighted by molar-refractivity contribution is 0.235. The molecule has 1 atom stereocenters. The zero-order valence-corrected chi connectivity index (χ0v) is 5.54. The largest absolute Gasteiger partial charge is 0.389 e. The molecule has 0 aromatic rings.